The number of hydrogen-bond acceptors (Lipinski definition) is 4. The van der Waals surface area contributed by atoms with Crippen molar-refractivity contribution in [3.63, 3.8) is 0 Å². The van der Waals surface area contributed by atoms with Crippen molar-refractivity contribution in [3.05, 3.63) is 0 Å². The molecule has 0 aromatic carbocycles. The van der Waals surface area contributed by atoms with Crippen LogP contribution in [0, 0.1) is 0 Å². The Hall–Kier alpha value is -1.10. The first-order valence-electron chi connectivity index (χ1n) is 3.28. The number of aliphatic carboxylic acids is 2. The number of carbonyl (C=O) groups is 2. The van der Waals surface area contributed by atoms with Gasteiger partial charge in [0.25, 0.3) is 0 Å². The van der Waals surface area contributed by atoms with Gasteiger partial charge in [0.05, 0.1) is 13.0 Å². The van der Waals surface area contributed by atoms with E-state index in [1.807, 2.05) is 0 Å². The molecule has 0 radical (unpaired) electrons. The average Bonchev–Trinajstić information content (AvgIpc) is 1.87. The molecular formula is C6H10NO4-. The van der Waals surface area contributed by atoms with E-state index in [0.717, 1.165) is 0 Å². The van der Waals surface area contributed by atoms with Crippen LogP contribution < -0.4 is 15.5 Å². The maximum absolute atomic E-state index is 10.2. The molecule has 0 aliphatic rings. The number of carboxylic acid groups (broad SMARTS) is 2. The molecule has 0 aromatic heterocycles. The fourth-order valence-corrected chi connectivity index (χ4v) is 0.694. The fraction of sp³-hybridized carbons (Fsp3) is 0.667. The predicted molar refractivity (Wildman–Crippen MR) is 30.9 cm³/mol. The summed E-state index contributed by atoms with van der Waals surface area (Å²) >= 11 is 0. The van der Waals surface area contributed by atoms with Crippen LogP contribution in [0.1, 0.15) is 12.8 Å². The van der Waals surface area contributed by atoms with Crippen molar-refractivity contribution in [1.82, 2.24) is 0 Å². The van der Waals surface area contributed by atoms with Crippen LogP contribution in [0.4, 0.5) is 0 Å². The number of likely N-dealkylation sites (N-methyl/N-ethyl adjacent to an activating group) is 1. The topological polar surface area (TPSA) is 96.9 Å². The summed E-state index contributed by atoms with van der Waals surface area (Å²) in [5.41, 5.74) is 0. The molecule has 0 saturated heterocycles. The normalized spacial score (nSPS) is 12.5. The van der Waals surface area contributed by atoms with E-state index >= 15 is 0 Å². The SMILES string of the molecule is C[NH2+][C@H](CCC(=O)[O-])C(=O)[O-]. The van der Waals surface area contributed by atoms with Gasteiger partial charge < -0.3 is 25.1 Å². The lowest BCUT2D eigenvalue weighted by molar-refractivity contribution is -0.658. The molecule has 0 bridgehead atoms. The van der Waals surface area contributed by atoms with E-state index in [9.17, 15) is 19.8 Å². The second-order valence-electron chi connectivity index (χ2n) is 2.17. The summed E-state index contributed by atoms with van der Waals surface area (Å²) in [6.45, 7) is 0. The Morgan fingerprint density at radius 1 is 1.45 bits per heavy atom. The van der Waals surface area contributed by atoms with Crippen LogP contribution in [-0.2, 0) is 9.59 Å². The van der Waals surface area contributed by atoms with Crippen LogP contribution in [-0.4, -0.2) is 25.0 Å². The van der Waals surface area contributed by atoms with Crippen molar-refractivity contribution < 1.29 is 25.1 Å². The van der Waals surface area contributed by atoms with Gasteiger partial charge >= 0.3 is 0 Å². The smallest absolute Gasteiger partial charge is 0.126 e. The van der Waals surface area contributed by atoms with E-state index in [4.69, 9.17) is 0 Å². The van der Waals surface area contributed by atoms with Crippen molar-refractivity contribution in [1.29, 1.82) is 0 Å². The summed E-state index contributed by atoms with van der Waals surface area (Å²) < 4.78 is 0. The van der Waals surface area contributed by atoms with Gasteiger partial charge in [-0.05, 0) is 6.42 Å². The molecule has 0 heterocycles. The number of nitrogens with two attached hydrogens (primary N) is 1. The molecule has 0 amide bonds. The number of rotatable bonds is 5. The minimum Gasteiger partial charge on any atom is -0.550 e. The highest BCUT2D eigenvalue weighted by Gasteiger charge is 2.09. The highest BCUT2D eigenvalue weighted by molar-refractivity contribution is 5.71. The highest BCUT2D eigenvalue weighted by atomic mass is 16.4. The average molecular weight is 160 g/mol. The lowest BCUT2D eigenvalue weighted by atomic mass is 10.1. The van der Waals surface area contributed by atoms with Crippen molar-refractivity contribution >= 4 is 11.9 Å². The van der Waals surface area contributed by atoms with Gasteiger partial charge in [-0.3, -0.25) is 0 Å². The first-order valence-corrected chi connectivity index (χ1v) is 3.28. The Bertz CT molecular complexity index is 157. The molecule has 64 valence electrons. The van der Waals surface area contributed by atoms with Crippen molar-refractivity contribution in [2.75, 3.05) is 7.05 Å². The first kappa shape index (κ1) is 9.90. The zero-order chi connectivity index (χ0) is 8.85. The zero-order valence-corrected chi connectivity index (χ0v) is 6.20. The van der Waals surface area contributed by atoms with Crippen LogP contribution in [0.25, 0.3) is 0 Å². The van der Waals surface area contributed by atoms with E-state index in [-0.39, 0.29) is 12.8 Å². The molecule has 0 saturated carbocycles. The molecule has 0 aromatic rings. The fourth-order valence-electron chi connectivity index (χ4n) is 0.694. The lowest BCUT2D eigenvalue weighted by Gasteiger charge is -2.13. The molecule has 0 unspecified atom stereocenters. The van der Waals surface area contributed by atoms with Crippen molar-refractivity contribution in [2.24, 2.45) is 0 Å². The standard InChI is InChI=1S/C6H11NO4/c1-7-4(6(10)11)2-3-5(8)9/h4,7H,2-3H2,1H3,(H,8,9)(H,10,11)/p-1/t4-/m1/s1. The third-order valence-electron chi connectivity index (χ3n) is 1.36. The van der Waals surface area contributed by atoms with E-state index in [1.165, 1.54) is 5.32 Å². The summed E-state index contributed by atoms with van der Waals surface area (Å²) in [5.74, 6) is -2.48. The maximum Gasteiger partial charge on any atom is 0.126 e. The summed E-state index contributed by atoms with van der Waals surface area (Å²) in [6.07, 6.45) is -0.204. The molecule has 5 heteroatoms. The van der Waals surface area contributed by atoms with Crippen LogP contribution in [0.2, 0.25) is 0 Å². The summed E-state index contributed by atoms with van der Waals surface area (Å²) in [6, 6.07) is -0.784. The van der Waals surface area contributed by atoms with Gasteiger partial charge in [-0.25, -0.2) is 0 Å². The largest absolute Gasteiger partial charge is 0.550 e. The third-order valence-corrected chi connectivity index (χ3v) is 1.36. The maximum atomic E-state index is 10.2. The molecule has 11 heavy (non-hydrogen) atoms. The Morgan fingerprint density at radius 2 is 2.00 bits per heavy atom. The molecule has 2 N–H and O–H groups in total. The van der Waals surface area contributed by atoms with Crippen LogP contribution >= 0.6 is 0 Å². The van der Waals surface area contributed by atoms with Gasteiger partial charge in [-0.15, -0.1) is 0 Å². The lowest BCUT2D eigenvalue weighted by Crippen LogP contribution is -2.89. The van der Waals surface area contributed by atoms with Gasteiger partial charge in [0.1, 0.15) is 6.04 Å². The van der Waals surface area contributed by atoms with Gasteiger partial charge in [-0.1, -0.05) is 0 Å². The quantitative estimate of drug-likeness (QED) is 0.441. The monoisotopic (exact) mass is 160 g/mol. The van der Waals surface area contributed by atoms with E-state index in [0.29, 0.717) is 0 Å². The molecule has 0 aliphatic carbocycles. The number of quaternary nitrogens is 1. The van der Waals surface area contributed by atoms with Crippen LogP contribution in [0.3, 0.4) is 0 Å². The molecule has 0 rings (SSSR count). The second kappa shape index (κ2) is 4.68. The Balaban J connectivity index is 3.70. The Labute approximate surface area is 64.0 Å². The van der Waals surface area contributed by atoms with Crippen LogP contribution in [0.15, 0.2) is 0 Å². The summed E-state index contributed by atoms with van der Waals surface area (Å²) in [7, 11) is 1.55. The van der Waals surface area contributed by atoms with Crippen molar-refractivity contribution in [2.45, 2.75) is 18.9 Å². The third kappa shape index (κ3) is 4.32. The summed E-state index contributed by atoms with van der Waals surface area (Å²) in [5, 5.41) is 21.5. The van der Waals surface area contributed by atoms with Gasteiger partial charge in [0.2, 0.25) is 0 Å². The van der Waals surface area contributed by atoms with Gasteiger partial charge in [0.15, 0.2) is 0 Å². The van der Waals surface area contributed by atoms with Crippen molar-refractivity contribution in [3.8, 4) is 0 Å². The molecule has 0 fully saturated rings. The molecule has 0 spiro atoms. The highest BCUT2D eigenvalue weighted by Crippen LogP contribution is 1.89. The zero-order valence-electron chi connectivity index (χ0n) is 6.20. The predicted octanol–water partition coefficient (Wildman–Crippen LogP) is -4.17. The van der Waals surface area contributed by atoms with Gasteiger partial charge in [0, 0.05) is 12.4 Å². The molecule has 1 atom stereocenters. The number of hydrogen-bond donors (Lipinski definition) is 1. The van der Waals surface area contributed by atoms with Gasteiger partial charge in [-0.2, -0.15) is 0 Å². The molecule has 5 nitrogen and oxygen atoms in total. The Kier molecular flexibility index (Phi) is 4.21. The second-order valence-corrected chi connectivity index (χ2v) is 2.17. The number of carbonyl (C=O) groups excluding carboxylic acids is 2. The minimum atomic E-state index is -1.24. The minimum absolute atomic E-state index is 0.0428. The number of carboxylic acids is 2. The summed E-state index contributed by atoms with van der Waals surface area (Å²) in [4.78, 5) is 20.1. The molecule has 0 aliphatic heterocycles. The van der Waals surface area contributed by atoms with E-state index < -0.39 is 18.0 Å². The Morgan fingerprint density at radius 3 is 2.27 bits per heavy atom. The van der Waals surface area contributed by atoms with Crippen LogP contribution in [0.5, 0.6) is 0 Å². The first-order chi connectivity index (χ1) is 5.07. The van der Waals surface area contributed by atoms with E-state index in [2.05, 4.69) is 0 Å². The van der Waals surface area contributed by atoms with E-state index in [1.54, 1.807) is 7.05 Å². The molecular weight excluding hydrogens is 150 g/mol.